The average molecular weight is 339 g/mol. The minimum atomic E-state index is 0.113. The predicted molar refractivity (Wildman–Crippen MR) is 73.6 cm³/mol. The molecule has 0 spiro atoms. The minimum Gasteiger partial charge on any atom is -0.447 e. The molecule has 3 rings (SSSR count). The average Bonchev–Trinajstić information content (AvgIpc) is 3.05. The smallest absolute Gasteiger partial charge is 0.415 e. The van der Waals surface area contributed by atoms with Gasteiger partial charge in [0, 0.05) is 17.8 Å². The Morgan fingerprint density at radius 3 is 3.05 bits per heavy atom. The molecular weight excluding hydrogens is 328 g/mol. The van der Waals surface area contributed by atoms with Crippen LogP contribution in [0.3, 0.4) is 0 Å². The summed E-state index contributed by atoms with van der Waals surface area (Å²) in [6.07, 6.45) is 3.67. The third-order valence-corrected chi connectivity index (χ3v) is 3.08. The fourth-order valence-electron chi connectivity index (χ4n) is 1.70. The Labute approximate surface area is 122 Å². The number of hydrogen-bond acceptors (Lipinski definition) is 6. The van der Waals surface area contributed by atoms with Crippen LogP contribution < -0.4 is 4.74 Å². The summed E-state index contributed by atoms with van der Waals surface area (Å²) in [5.74, 6) is 0.350. The number of halogens is 1. The van der Waals surface area contributed by atoms with Crippen LogP contribution in [-0.4, -0.2) is 39.9 Å². The third kappa shape index (κ3) is 2.52. The van der Waals surface area contributed by atoms with Crippen molar-refractivity contribution in [3.63, 3.8) is 0 Å². The standard InChI is InChI=1S/C12H11BrN4O3/c1-18-4-5-19-12-16-15-11(20-12)9-6-14-10-3-2-8(13)7-17(9)10/h2-3,6-7H,4-5H2,1H3. The molecule has 0 aromatic carbocycles. The van der Waals surface area contributed by atoms with Crippen molar-refractivity contribution in [1.29, 1.82) is 0 Å². The van der Waals surface area contributed by atoms with Crippen molar-refractivity contribution in [3.05, 3.63) is 29.0 Å². The number of imidazole rings is 1. The fourth-order valence-corrected chi connectivity index (χ4v) is 2.03. The van der Waals surface area contributed by atoms with E-state index in [2.05, 4.69) is 31.1 Å². The van der Waals surface area contributed by atoms with Crippen molar-refractivity contribution in [3.8, 4) is 17.7 Å². The van der Waals surface area contributed by atoms with Crippen molar-refractivity contribution < 1.29 is 13.9 Å². The number of ether oxygens (including phenoxy) is 2. The van der Waals surface area contributed by atoms with E-state index in [1.165, 1.54) is 0 Å². The molecular formula is C12H11BrN4O3. The Hall–Kier alpha value is -1.93. The minimum absolute atomic E-state index is 0.113. The van der Waals surface area contributed by atoms with Crippen LogP contribution in [0.25, 0.3) is 17.2 Å². The number of pyridine rings is 1. The van der Waals surface area contributed by atoms with Crippen molar-refractivity contribution in [1.82, 2.24) is 19.6 Å². The van der Waals surface area contributed by atoms with E-state index in [0.29, 0.717) is 24.8 Å². The van der Waals surface area contributed by atoms with Crippen molar-refractivity contribution in [2.75, 3.05) is 20.3 Å². The van der Waals surface area contributed by atoms with Gasteiger partial charge in [-0.15, -0.1) is 5.10 Å². The van der Waals surface area contributed by atoms with E-state index in [0.717, 1.165) is 10.1 Å². The van der Waals surface area contributed by atoms with Gasteiger partial charge in [0.1, 0.15) is 17.9 Å². The fraction of sp³-hybridized carbons (Fsp3) is 0.250. The Bertz CT molecular complexity index is 724. The normalized spacial score (nSPS) is 11.1. The van der Waals surface area contributed by atoms with Crippen LogP contribution in [0.2, 0.25) is 0 Å². The molecule has 0 saturated heterocycles. The second kappa shape index (κ2) is 5.59. The summed E-state index contributed by atoms with van der Waals surface area (Å²) in [6.45, 7) is 0.817. The second-order valence-corrected chi connectivity index (χ2v) is 4.85. The first-order chi connectivity index (χ1) is 9.78. The first kappa shape index (κ1) is 13.1. The zero-order valence-corrected chi connectivity index (χ0v) is 12.2. The molecule has 0 fully saturated rings. The SMILES string of the molecule is COCCOc1nnc(-c2cnc3ccc(Br)cn23)o1. The number of rotatable bonds is 5. The van der Waals surface area contributed by atoms with E-state index in [1.807, 2.05) is 22.7 Å². The first-order valence-corrected chi connectivity index (χ1v) is 6.65. The predicted octanol–water partition coefficient (Wildman–Crippen LogP) is 2.17. The summed E-state index contributed by atoms with van der Waals surface area (Å²) in [5.41, 5.74) is 1.50. The molecule has 7 nitrogen and oxygen atoms in total. The Morgan fingerprint density at radius 2 is 2.20 bits per heavy atom. The highest BCUT2D eigenvalue weighted by atomic mass is 79.9. The summed E-state index contributed by atoms with van der Waals surface area (Å²) < 4.78 is 18.4. The maximum absolute atomic E-state index is 5.45. The summed E-state index contributed by atoms with van der Waals surface area (Å²) in [5, 5.41) is 7.78. The molecule has 0 unspecified atom stereocenters. The lowest BCUT2D eigenvalue weighted by molar-refractivity contribution is 0.126. The number of hydrogen-bond donors (Lipinski definition) is 0. The van der Waals surface area contributed by atoms with Crippen LogP contribution in [0, 0.1) is 0 Å². The lowest BCUT2D eigenvalue weighted by Crippen LogP contribution is -2.04. The maximum Gasteiger partial charge on any atom is 0.415 e. The number of aromatic nitrogens is 4. The molecule has 3 aromatic rings. The van der Waals surface area contributed by atoms with E-state index in [1.54, 1.807) is 13.3 Å². The van der Waals surface area contributed by atoms with Gasteiger partial charge in [0.2, 0.25) is 0 Å². The van der Waals surface area contributed by atoms with Crippen molar-refractivity contribution >= 4 is 21.6 Å². The van der Waals surface area contributed by atoms with Crippen LogP contribution in [0.4, 0.5) is 0 Å². The molecule has 0 radical (unpaired) electrons. The Balaban J connectivity index is 1.89. The van der Waals surface area contributed by atoms with Gasteiger partial charge in [-0.05, 0) is 28.1 Å². The van der Waals surface area contributed by atoms with Crippen molar-refractivity contribution in [2.45, 2.75) is 0 Å². The van der Waals surface area contributed by atoms with E-state index in [9.17, 15) is 0 Å². The van der Waals surface area contributed by atoms with Gasteiger partial charge in [0.05, 0.1) is 12.8 Å². The maximum atomic E-state index is 5.45. The van der Waals surface area contributed by atoms with Gasteiger partial charge < -0.3 is 13.9 Å². The molecule has 3 aromatic heterocycles. The monoisotopic (exact) mass is 338 g/mol. The van der Waals surface area contributed by atoms with Crippen LogP contribution in [0.5, 0.6) is 6.08 Å². The highest BCUT2D eigenvalue weighted by Crippen LogP contribution is 2.23. The molecule has 8 heteroatoms. The van der Waals surface area contributed by atoms with Crippen LogP contribution in [-0.2, 0) is 4.74 Å². The molecule has 0 bridgehead atoms. The van der Waals surface area contributed by atoms with Crippen LogP contribution in [0.15, 0.2) is 33.4 Å². The van der Waals surface area contributed by atoms with Gasteiger partial charge in [0.15, 0.2) is 0 Å². The van der Waals surface area contributed by atoms with E-state index in [-0.39, 0.29) is 6.08 Å². The highest BCUT2D eigenvalue weighted by Gasteiger charge is 2.14. The third-order valence-electron chi connectivity index (χ3n) is 2.61. The molecule has 104 valence electrons. The molecule has 3 heterocycles. The van der Waals surface area contributed by atoms with Gasteiger partial charge in [-0.1, -0.05) is 5.10 Å². The summed E-state index contributed by atoms with van der Waals surface area (Å²) in [4.78, 5) is 4.27. The summed E-state index contributed by atoms with van der Waals surface area (Å²) in [7, 11) is 1.60. The van der Waals surface area contributed by atoms with Gasteiger partial charge >= 0.3 is 6.08 Å². The quantitative estimate of drug-likeness (QED) is 0.663. The first-order valence-electron chi connectivity index (χ1n) is 5.86. The molecule has 20 heavy (non-hydrogen) atoms. The molecule has 0 atom stereocenters. The summed E-state index contributed by atoms with van der Waals surface area (Å²) in [6, 6.07) is 3.80. The topological polar surface area (TPSA) is 74.7 Å². The summed E-state index contributed by atoms with van der Waals surface area (Å²) >= 11 is 3.42. The molecule has 0 aliphatic carbocycles. The zero-order valence-electron chi connectivity index (χ0n) is 10.6. The number of nitrogens with zero attached hydrogens (tertiary/aromatic N) is 4. The van der Waals surface area contributed by atoms with E-state index >= 15 is 0 Å². The Kier molecular flexibility index (Phi) is 3.66. The van der Waals surface area contributed by atoms with Gasteiger partial charge in [-0.25, -0.2) is 4.98 Å². The van der Waals surface area contributed by atoms with Crippen LogP contribution in [0.1, 0.15) is 0 Å². The molecule has 0 aliphatic heterocycles. The van der Waals surface area contributed by atoms with Crippen molar-refractivity contribution in [2.24, 2.45) is 0 Å². The molecule has 0 N–H and O–H groups in total. The van der Waals surface area contributed by atoms with Gasteiger partial charge in [-0.2, -0.15) is 0 Å². The lowest BCUT2D eigenvalue weighted by Gasteiger charge is -1.99. The van der Waals surface area contributed by atoms with Crippen LogP contribution >= 0.6 is 15.9 Å². The van der Waals surface area contributed by atoms with E-state index in [4.69, 9.17) is 13.9 Å². The second-order valence-electron chi connectivity index (χ2n) is 3.93. The van der Waals surface area contributed by atoms with E-state index < -0.39 is 0 Å². The van der Waals surface area contributed by atoms with Gasteiger partial charge in [-0.3, -0.25) is 4.40 Å². The van der Waals surface area contributed by atoms with Gasteiger partial charge in [0.25, 0.3) is 5.89 Å². The number of fused-ring (bicyclic) bond motifs is 1. The molecule has 0 amide bonds. The highest BCUT2D eigenvalue weighted by molar-refractivity contribution is 9.10. The largest absolute Gasteiger partial charge is 0.447 e. The molecule has 0 saturated carbocycles. The lowest BCUT2D eigenvalue weighted by atomic mass is 10.4. The molecule has 0 aliphatic rings. The number of methoxy groups -OCH3 is 1. The Morgan fingerprint density at radius 1 is 1.30 bits per heavy atom. The zero-order chi connectivity index (χ0) is 13.9.